The van der Waals surface area contributed by atoms with Gasteiger partial charge in [-0.05, 0) is 25.0 Å². The summed E-state index contributed by atoms with van der Waals surface area (Å²) in [7, 11) is 3.46. The molecule has 2 saturated heterocycles. The minimum atomic E-state index is -0.419. The Morgan fingerprint density at radius 2 is 0.896 bits per heavy atom. The van der Waals surface area contributed by atoms with E-state index in [9.17, 15) is 10.2 Å². The van der Waals surface area contributed by atoms with Crippen molar-refractivity contribution in [2.75, 3.05) is 106 Å². The first-order chi connectivity index (χ1) is 21.6. The lowest BCUT2D eigenvalue weighted by molar-refractivity contribution is -0.988. The highest BCUT2D eigenvalue weighted by atomic mass is 35.5. The Balaban J connectivity index is 0.00000552. The number of para-hydroxylation sites is 4. The molecule has 2 unspecified atom stereocenters. The van der Waals surface area contributed by atoms with Crippen LogP contribution in [0.3, 0.4) is 0 Å². The van der Waals surface area contributed by atoms with Gasteiger partial charge < -0.3 is 88.6 Å². The first-order valence-electron chi connectivity index (χ1n) is 16.7. The highest BCUT2D eigenvalue weighted by Gasteiger charge is 2.29. The van der Waals surface area contributed by atoms with E-state index in [0.29, 0.717) is 26.4 Å². The van der Waals surface area contributed by atoms with Crippen molar-refractivity contribution in [1.82, 2.24) is 0 Å². The van der Waals surface area contributed by atoms with E-state index in [1.54, 1.807) is 14.2 Å². The van der Waals surface area contributed by atoms with Gasteiger partial charge in [-0.1, -0.05) is 37.1 Å². The van der Waals surface area contributed by atoms with Crippen LogP contribution in [0.1, 0.15) is 25.7 Å². The average Bonchev–Trinajstić information content (AvgIpc) is 3.06. The lowest BCUT2D eigenvalue weighted by Crippen LogP contribution is -3.26. The second-order valence-corrected chi connectivity index (χ2v) is 12.4. The summed E-state index contributed by atoms with van der Waals surface area (Å²) in [5.41, 5.74) is 2.46. The molecule has 2 aliphatic heterocycles. The fourth-order valence-corrected chi connectivity index (χ4v) is 6.62. The van der Waals surface area contributed by atoms with Crippen molar-refractivity contribution < 1.29 is 98.4 Å². The molecule has 0 spiro atoms. The molecule has 2 atom stereocenters. The largest absolute Gasteiger partial charge is 1.00 e. The number of rotatable bonds is 19. The fourth-order valence-electron chi connectivity index (χ4n) is 6.62. The standard InChI is InChI=1S/C34H54N4O6.4ClH/c1-41-33-13-7-5-11-31(33)37-19-15-35(16-20-37)25-29(39)27-43-23-9-3-4-10-24-44-28-30(40)26-36-17-21-38(22-18-36)32-12-6-8-14-34(32)42-2;;;;/h5-8,11-14,29-30,39-40H,3-4,9-10,15-28H2,1-2H3;4*1H. The zero-order chi connectivity index (χ0) is 31.0. The molecule has 4 rings (SSSR count). The number of benzene rings is 2. The number of methoxy groups -OCH3 is 2. The van der Waals surface area contributed by atoms with Crippen molar-refractivity contribution in [3.8, 4) is 11.5 Å². The molecule has 6 N–H and O–H groups in total. The number of quaternary nitrogens is 4. The molecule has 0 radical (unpaired) electrons. The Kier molecular flexibility index (Phi) is 26.0. The molecule has 14 heteroatoms. The summed E-state index contributed by atoms with van der Waals surface area (Å²) in [6, 6.07) is 16.5. The van der Waals surface area contributed by atoms with E-state index in [4.69, 9.17) is 18.9 Å². The molecular formula is C34H58Cl4N4O6. The van der Waals surface area contributed by atoms with Crippen LogP contribution in [0, 0.1) is 0 Å². The molecule has 278 valence electrons. The van der Waals surface area contributed by atoms with Gasteiger partial charge in [0.1, 0.15) is 77.7 Å². The molecule has 0 saturated carbocycles. The lowest BCUT2D eigenvalue weighted by atomic mass is 10.2. The molecule has 2 aromatic carbocycles. The zero-order valence-electron chi connectivity index (χ0n) is 28.5. The van der Waals surface area contributed by atoms with Crippen molar-refractivity contribution in [2.24, 2.45) is 0 Å². The van der Waals surface area contributed by atoms with Crippen LogP contribution in [-0.4, -0.2) is 129 Å². The first kappa shape index (κ1) is 46.9. The average molecular weight is 761 g/mol. The third kappa shape index (κ3) is 15.8. The Labute approximate surface area is 312 Å². The summed E-state index contributed by atoms with van der Waals surface area (Å²) in [5.74, 6) is 1.91. The highest BCUT2D eigenvalue weighted by Crippen LogP contribution is 2.19. The van der Waals surface area contributed by atoms with Gasteiger partial charge in [0.2, 0.25) is 0 Å². The minimum absolute atomic E-state index is 0. The van der Waals surface area contributed by atoms with Gasteiger partial charge in [-0.25, -0.2) is 0 Å². The van der Waals surface area contributed by atoms with E-state index >= 15 is 0 Å². The maximum Gasteiger partial charge on any atom is 0.179 e. The molecule has 48 heavy (non-hydrogen) atoms. The Morgan fingerprint density at radius 1 is 0.542 bits per heavy atom. The summed E-state index contributed by atoms with van der Waals surface area (Å²) in [6.45, 7) is 12.0. The summed E-state index contributed by atoms with van der Waals surface area (Å²) in [6.07, 6.45) is 3.33. The van der Waals surface area contributed by atoms with Crippen LogP contribution in [0.2, 0.25) is 0 Å². The number of halogens is 4. The van der Waals surface area contributed by atoms with Crippen molar-refractivity contribution in [3.63, 3.8) is 0 Å². The highest BCUT2D eigenvalue weighted by molar-refractivity contribution is 5.46. The monoisotopic (exact) mass is 758 g/mol. The smallest absolute Gasteiger partial charge is 0.179 e. The Morgan fingerprint density at radius 3 is 1.25 bits per heavy atom. The normalized spacial score (nSPS) is 21.7. The van der Waals surface area contributed by atoms with E-state index in [0.717, 1.165) is 103 Å². The van der Waals surface area contributed by atoms with Crippen LogP contribution >= 0.6 is 0 Å². The topological polar surface area (TPSA) is 95.1 Å². The zero-order valence-corrected chi connectivity index (χ0v) is 31.6. The van der Waals surface area contributed by atoms with Crippen LogP contribution in [0.5, 0.6) is 11.5 Å². The van der Waals surface area contributed by atoms with Gasteiger partial charge in [-0.3, -0.25) is 9.80 Å². The molecule has 2 aromatic rings. The minimum Gasteiger partial charge on any atom is -1.00 e. The van der Waals surface area contributed by atoms with Crippen molar-refractivity contribution in [2.45, 2.75) is 37.9 Å². The molecule has 0 aliphatic carbocycles. The third-order valence-corrected chi connectivity index (χ3v) is 9.09. The maximum atomic E-state index is 10.5. The summed E-state index contributed by atoms with van der Waals surface area (Å²) >= 11 is 0. The van der Waals surface area contributed by atoms with Gasteiger partial charge in [0, 0.05) is 25.3 Å². The van der Waals surface area contributed by atoms with E-state index in [1.165, 1.54) is 31.0 Å². The van der Waals surface area contributed by atoms with Crippen molar-refractivity contribution >= 4 is 11.4 Å². The van der Waals surface area contributed by atoms with Crippen LogP contribution in [-0.2, 0) is 9.47 Å². The second kappa shape index (κ2) is 26.7. The second-order valence-electron chi connectivity index (χ2n) is 12.4. The Bertz CT molecular complexity index is 998. The lowest BCUT2D eigenvalue weighted by Gasteiger charge is -2.31. The number of nitrogens with one attached hydrogen (secondary N) is 4. The van der Waals surface area contributed by atoms with Gasteiger partial charge in [-0.15, -0.1) is 0 Å². The molecule has 2 heterocycles. The predicted octanol–water partition coefficient (Wildman–Crippen LogP) is -14.4. The van der Waals surface area contributed by atoms with Crippen LogP contribution in [0.4, 0.5) is 11.4 Å². The van der Waals surface area contributed by atoms with E-state index in [-0.39, 0.29) is 49.6 Å². The molecule has 0 bridgehead atoms. The van der Waals surface area contributed by atoms with Gasteiger partial charge in [-0.2, -0.15) is 0 Å². The SMILES string of the molecule is COc1ccccc1[NH+]1CC[NH+](CC(O)COCCCCCCOCC(O)C[NH+]2CC[NH+](c3ccccc3OC)CC2)CC1.[Cl-].[Cl-].[Cl-].[Cl-]. The number of hydrogen-bond donors (Lipinski definition) is 6. The predicted molar refractivity (Wildman–Crippen MR) is 170 cm³/mol. The molecule has 2 aliphatic rings. The van der Waals surface area contributed by atoms with Crippen LogP contribution < -0.4 is 78.7 Å². The fraction of sp³-hybridized carbons (Fsp3) is 0.647. The summed E-state index contributed by atoms with van der Waals surface area (Å²) in [4.78, 5) is 5.80. The van der Waals surface area contributed by atoms with E-state index < -0.39 is 12.2 Å². The number of aliphatic hydroxyl groups excluding tert-OH is 2. The first-order valence-corrected chi connectivity index (χ1v) is 16.7. The van der Waals surface area contributed by atoms with Gasteiger partial charge in [0.05, 0.1) is 27.4 Å². The molecular weight excluding hydrogens is 702 g/mol. The van der Waals surface area contributed by atoms with Crippen LogP contribution in [0.15, 0.2) is 48.5 Å². The quantitative estimate of drug-likeness (QED) is 0.0799. The summed E-state index contributed by atoms with van der Waals surface area (Å²) < 4.78 is 22.6. The molecule has 2 fully saturated rings. The number of unbranched alkanes of at least 4 members (excludes halogenated alkanes) is 3. The molecule has 0 amide bonds. The van der Waals surface area contributed by atoms with Crippen molar-refractivity contribution in [1.29, 1.82) is 0 Å². The number of hydrogen-bond acceptors (Lipinski definition) is 6. The van der Waals surface area contributed by atoms with Gasteiger partial charge >= 0.3 is 0 Å². The van der Waals surface area contributed by atoms with Gasteiger partial charge in [0.25, 0.3) is 0 Å². The maximum absolute atomic E-state index is 10.5. The third-order valence-electron chi connectivity index (χ3n) is 9.09. The number of piperazine rings is 2. The Hall–Kier alpha value is -1.12. The van der Waals surface area contributed by atoms with E-state index in [1.807, 2.05) is 24.3 Å². The molecule has 0 aromatic heterocycles. The van der Waals surface area contributed by atoms with E-state index in [2.05, 4.69) is 24.3 Å². The summed E-state index contributed by atoms with van der Waals surface area (Å²) in [5, 5.41) is 21.0. The molecule has 10 nitrogen and oxygen atoms in total. The van der Waals surface area contributed by atoms with Crippen LogP contribution in [0.25, 0.3) is 0 Å². The van der Waals surface area contributed by atoms with Gasteiger partial charge in [0.15, 0.2) is 22.9 Å². The van der Waals surface area contributed by atoms with Crippen molar-refractivity contribution in [3.05, 3.63) is 48.5 Å². The number of ether oxygens (including phenoxy) is 4. The number of aliphatic hydroxyl groups is 2.